The molecule has 0 aliphatic rings. The summed E-state index contributed by atoms with van der Waals surface area (Å²) in [6, 6.07) is 21.4. The van der Waals surface area contributed by atoms with Crippen LogP contribution < -0.4 is 4.74 Å². The number of carbonyl (C=O) groups excluding carboxylic acids is 1. The van der Waals surface area contributed by atoms with E-state index in [0.29, 0.717) is 16.3 Å². The van der Waals surface area contributed by atoms with E-state index in [9.17, 15) is 4.79 Å². The maximum Gasteiger partial charge on any atom is 0.343 e. The van der Waals surface area contributed by atoms with Gasteiger partial charge in [0.1, 0.15) is 5.75 Å². The molecule has 0 heterocycles. The van der Waals surface area contributed by atoms with Crippen LogP contribution in [0.15, 0.2) is 82.3 Å². The summed E-state index contributed by atoms with van der Waals surface area (Å²) in [5.41, 5.74) is 2.17. The van der Waals surface area contributed by atoms with E-state index < -0.39 is 5.97 Å². The van der Waals surface area contributed by atoms with Crippen molar-refractivity contribution in [2.75, 3.05) is 0 Å². The fourth-order valence-corrected chi connectivity index (χ4v) is 2.44. The number of benzene rings is 3. The Kier molecular flexibility index (Phi) is 5.64. The molecule has 0 unspecified atom stereocenters. The van der Waals surface area contributed by atoms with E-state index in [0.717, 1.165) is 15.7 Å². The average Bonchev–Trinajstić information content (AvgIpc) is 2.63. The van der Waals surface area contributed by atoms with Gasteiger partial charge in [-0.1, -0.05) is 39.7 Å². The second-order valence-corrected chi connectivity index (χ2v) is 6.55. The van der Waals surface area contributed by atoms with Crippen LogP contribution in [0.2, 0.25) is 5.02 Å². The SMILES string of the molecule is O=C(Oc1ccc(Br)cc1)c1ccc(C=Nc2ccc(Cl)cc2)cc1. The minimum absolute atomic E-state index is 0.400. The van der Waals surface area contributed by atoms with Gasteiger partial charge in [-0.25, -0.2) is 4.79 Å². The van der Waals surface area contributed by atoms with Crippen LogP contribution in [0.1, 0.15) is 15.9 Å². The summed E-state index contributed by atoms with van der Waals surface area (Å²) >= 11 is 9.18. The molecule has 0 fully saturated rings. The van der Waals surface area contributed by atoms with Gasteiger partial charge in [0, 0.05) is 15.7 Å². The Morgan fingerprint density at radius 2 is 1.56 bits per heavy atom. The van der Waals surface area contributed by atoms with E-state index in [4.69, 9.17) is 16.3 Å². The van der Waals surface area contributed by atoms with Gasteiger partial charge in [0.25, 0.3) is 0 Å². The van der Waals surface area contributed by atoms with E-state index in [2.05, 4.69) is 20.9 Å². The minimum atomic E-state index is -0.400. The van der Waals surface area contributed by atoms with Crippen molar-refractivity contribution < 1.29 is 9.53 Å². The highest BCUT2D eigenvalue weighted by molar-refractivity contribution is 9.10. The molecular formula is C20H13BrClNO2. The lowest BCUT2D eigenvalue weighted by Crippen LogP contribution is -2.08. The molecule has 3 aromatic carbocycles. The maximum atomic E-state index is 12.1. The predicted octanol–water partition coefficient (Wildman–Crippen LogP) is 6.07. The highest BCUT2D eigenvalue weighted by Gasteiger charge is 2.08. The molecule has 3 rings (SSSR count). The highest BCUT2D eigenvalue weighted by Crippen LogP contribution is 2.18. The lowest BCUT2D eigenvalue weighted by atomic mass is 10.1. The number of rotatable bonds is 4. The molecule has 0 radical (unpaired) electrons. The molecule has 0 saturated carbocycles. The molecular weight excluding hydrogens is 402 g/mol. The van der Waals surface area contributed by atoms with Gasteiger partial charge < -0.3 is 4.74 Å². The molecule has 0 atom stereocenters. The minimum Gasteiger partial charge on any atom is -0.423 e. The Balaban J connectivity index is 1.66. The van der Waals surface area contributed by atoms with Crippen LogP contribution in [0, 0.1) is 0 Å². The first-order valence-electron chi connectivity index (χ1n) is 7.47. The normalized spacial score (nSPS) is 10.8. The zero-order chi connectivity index (χ0) is 17.6. The molecule has 5 heteroatoms. The Morgan fingerprint density at radius 3 is 2.20 bits per heavy atom. The van der Waals surface area contributed by atoms with Crippen molar-refractivity contribution in [2.24, 2.45) is 4.99 Å². The van der Waals surface area contributed by atoms with Crippen molar-refractivity contribution in [2.45, 2.75) is 0 Å². The first kappa shape index (κ1) is 17.4. The largest absolute Gasteiger partial charge is 0.423 e. The Hall–Kier alpha value is -2.43. The molecule has 0 aliphatic carbocycles. The molecule has 0 aromatic heterocycles. The van der Waals surface area contributed by atoms with Crippen molar-refractivity contribution in [1.82, 2.24) is 0 Å². The fourth-order valence-electron chi connectivity index (χ4n) is 2.05. The molecule has 0 saturated heterocycles. The monoisotopic (exact) mass is 413 g/mol. The summed E-state index contributed by atoms with van der Waals surface area (Å²) in [5.74, 6) is 0.102. The van der Waals surface area contributed by atoms with Crippen LogP contribution in [-0.2, 0) is 0 Å². The molecule has 0 amide bonds. The van der Waals surface area contributed by atoms with Crippen LogP contribution in [0.4, 0.5) is 5.69 Å². The van der Waals surface area contributed by atoms with Crippen LogP contribution >= 0.6 is 27.5 Å². The Labute approximate surface area is 159 Å². The fraction of sp³-hybridized carbons (Fsp3) is 0. The van der Waals surface area contributed by atoms with Gasteiger partial charge in [-0.3, -0.25) is 4.99 Å². The van der Waals surface area contributed by atoms with Gasteiger partial charge >= 0.3 is 5.97 Å². The lowest BCUT2D eigenvalue weighted by Gasteiger charge is -2.04. The van der Waals surface area contributed by atoms with Crippen molar-refractivity contribution in [3.8, 4) is 5.75 Å². The third-order valence-electron chi connectivity index (χ3n) is 3.36. The average molecular weight is 415 g/mol. The van der Waals surface area contributed by atoms with Crippen LogP contribution in [0.5, 0.6) is 5.75 Å². The van der Waals surface area contributed by atoms with Gasteiger partial charge in [0.05, 0.1) is 11.3 Å². The zero-order valence-electron chi connectivity index (χ0n) is 13.0. The van der Waals surface area contributed by atoms with E-state index in [1.807, 2.05) is 36.4 Å². The lowest BCUT2D eigenvalue weighted by molar-refractivity contribution is 0.0735. The number of aliphatic imine (C=N–C) groups is 1. The number of hydrogen-bond acceptors (Lipinski definition) is 3. The molecule has 0 N–H and O–H groups in total. The van der Waals surface area contributed by atoms with Crippen LogP contribution in [0.25, 0.3) is 0 Å². The Morgan fingerprint density at radius 1 is 0.920 bits per heavy atom. The topological polar surface area (TPSA) is 38.7 Å². The molecule has 0 aliphatic heterocycles. The van der Waals surface area contributed by atoms with Crippen molar-refractivity contribution >= 4 is 45.4 Å². The zero-order valence-corrected chi connectivity index (χ0v) is 15.4. The van der Waals surface area contributed by atoms with Gasteiger partial charge in [0.15, 0.2) is 0 Å². The van der Waals surface area contributed by atoms with E-state index in [-0.39, 0.29) is 0 Å². The maximum absolute atomic E-state index is 12.1. The van der Waals surface area contributed by atoms with Crippen molar-refractivity contribution in [1.29, 1.82) is 0 Å². The first-order chi connectivity index (χ1) is 12.1. The molecule has 0 spiro atoms. The molecule has 3 nitrogen and oxygen atoms in total. The molecule has 3 aromatic rings. The van der Waals surface area contributed by atoms with E-state index >= 15 is 0 Å². The number of carbonyl (C=O) groups is 1. The van der Waals surface area contributed by atoms with Gasteiger partial charge in [0.2, 0.25) is 0 Å². The predicted molar refractivity (Wildman–Crippen MR) is 104 cm³/mol. The van der Waals surface area contributed by atoms with Gasteiger partial charge in [-0.15, -0.1) is 0 Å². The third-order valence-corrected chi connectivity index (χ3v) is 4.14. The van der Waals surface area contributed by atoms with Gasteiger partial charge in [-0.2, -0.15) is 0 Å². The molecule has 124 valence electrons. The second-order valence-electron chi connectivity index (χ2n) is 5.20. The molecule has 25 heavy (non-hydrogen) atoms. The van der Waals surface area contributed by atoms with Crippen LogP contribution in [0.3, 0.4) is 0 Å². The summed E-state index contributed by atoms with van der Waals surface area (Å²) in [5, 5.41) is 0.674. The Bertz CT molecular complexity index is 888. The summed E-state index contributed by atoms with van der Waals surface area (Å²) in [6.45, 7) is 0. The van der Waals surface area contributed by atoms with Crippen LogP contribution in [-0.4, -0.2) is 12.2 Å². The third kappa shape index (κ3) is 5.02. The summed E-state index contributed by atoms with van der Waals surface area (Å²) in [4.78, 5) is 16.5. The number of halogens is 2. The number of ether oxygens (including phenoxy) is 1. The smallest absolute Gasteiger partial charge is 0.343 e. The second kappa shape index (κ2) is 8.10. The van der Waals surface area contributed by atoms with E-state index in [1.165, 1.54) is 0 Å². The summed E-state index contributed by atoms with van der Waals surface area (Å²) in [7, 11) is 0. The quantitative estimate of drug-likeness (QED) is 0.295. The van der Waals surface area contributed by atoms with Gasteiger partial charge in [-0.05, 0) is 66.2 Å². The highest BCUT2D eigenvalue weighted by atomic mass is 79.9. The van der Waals surface area contributed by atoms with Crippen molar-refractivity contribution in [3.63, 3.8) is 0 Å². The first-order valence-corrected chi connectivity index (χ1v) is 8.65. The van der Waals surface area contributed by atoms with Crippen molar-refractivity contribution in [3.05, 3.63) is 93.4 Å². The molecule has 0 bridgehead atoms. The number of nitrogens with zero attached hydrogens (tertiary/aromatic N) is 1. The number of hydrogen-bond donors (Lipinski definition) is 0. The summed E-state index contributed by atoms with van der Waals surface area (Å²) < 4.78 is 6.26. The standard InChI is InChI=1S/C20H13BrClNO2/c21-16-5-11-19(12-6-16)25-20(24)15-3-1-14(2-4-15)13-23-18-9-7-17(22)8-10-18/h1-13H. The summed E-state index contributed by atoms with van der Waals surface area (Å²) in [6.07, 6.45) is 1.73. The van der Waals surface area contributed by atoms with E-state index in [1.54, 1.807) is 42.6 Å². The number of esters is 1.